The average Bonchev–Trinajstić information content (AvgIpc) is 3.16. The van der Waals surface area contributed by atoms with E-state index in [0.29, 0.717) is 18.0 Å². The van der Waals surface area contributed by atoms with Crippen LogP contribution in [-0.2, 0) is 16.6 Å². The Bertz CT molecular complexity index is 1020. The lowest BCUT2D eigenvalue weighted by Gasteiger charge is -2.31. The molecule has 26 heavy (non-hydrogen) atoms. The molecule has 4 rings (SSSR count). The Morgan fingerprint density at radius 2 is 2.00 bits per heavy atom. The van der Waals surface area contributed by atoms with Crippen LogP contribution in [-0.4, -0.2) is 45.6 Å². The molecule has 2 aromatic heterocycles. The highest BCUT2D eigenvalue weighted by Gasteiger charge is 2.32. The molecule has 0 amide bonds. The number of nitrogens with zero attached hydrogens (tertiary/aromatic N) is 5. The molecule has 136 valence electrons. The number of fused-ring (bicyclic) bond motifs is 1. The maximum Gasteiger partial charge on any atom is 0.243 e. The van der Waals surface area contributed by atoms with Gasteiger partial charge in [-0.05, 0) is 31.9 Å². The summed E-state index contributed by atoms with van der Waals surface area (Å²) in [5.74, 6) is 1.21. The quantitative estimate of drug-likeness (QED) is 0.703. The van der Waals surface area contributed by atoms with Gasteiger partial charge < -0.3 is 4.57 Å². The van der Waals surface area contributed by atoms with Crippen LogP contribution < -0.4 is 0 Å². The number of aryl methyl sites for hydroxylation is 1. The maximum atomic E-state index is 13.2. The van der Waals surface area contributed by atoms with E-state index in [4.69, 9.17) is 0 Å². The highest BCUT2D eigenvalue weighted by Crippen LogP contribution is 2.31. The summed E-state index contributed by atoms with van der Waals surface area (Å²) in [5.41, 5.74) is 0. The molecule has 1 aliphatic rings. The predicted molar refractivity (Wildman–Crippen MR) is 98.2 cm³/mol. The molecule has 0 aliphatic carbocycles. The van der Waals surface area contributed by atoms with Gasteiger partial charge in [-0.3, -0.25) is 4.98 Å². The number of rotatable bonds is 4. The number of hydrogen-bond donors (Lipinski definition) is 0. The molecule has 0 spiro atoms. The minimum Gasteiger partial charge on any atom is -0.318 e. The van der Waals surface area contributed by atoms with Crippen molar-refractivity contribution in [3.8, 4) is 0 Å². The van der Waals surface area contributed by atoms with E-state index in [1.807, 2.05) is 10.6 Å². The maximum absolute atomic E-state index is 13.2. The molecule has 1 aromatic carbocycles. The van der Waals surface area contributed by atoms with Gasteiger partial charge in [0, 0.05) is 48.7 Å². The monoisotopic (exact) mass is 371 g/mol. The zero-order valence-corrected chi connectivity index (χ0v) is 15.4. The molecule has 1 saturated heterocycles. The van der Waals surface area contributed by atoms with Crippen molar-refractivity contribution >= 4 is 20.8 Å². The second kappa shape index (κ2) is 6.77. The molecule has 3 aromatic rings. The fraction of sp³-hybridized carbons (Fsp3) is 0.389. The molecule has 1 fully saturated rings. The van der Waals surface area contributed by atoms with Gasteiger partial charge in [-0.2, -0.15) is 4.31 Å². The molecule has 7 nitrogen and oxygen atoms in total. The van der Waals surface area contributed by atoms with E-state index in [1.165, 1.54) is 0 Å². The zero-order chi connectivity index (χ0) is 18.1. The highest BCUT2D eigenvalue weighted by molar-refractivity contribution is 7.89. The first-order valence-corrected chi connectivity index (χ1v) is 10.3. The lowest BCUT2D eigenvalue weighted by atomic mass is 9.97. The Morgan fingerprint density at radius 1 is 1.19 bits per heavy atom. The predicted octanol–water partition coefficient (Wildman–Crippen LogP) is 2.41. The van der Waals surface area contributed by atoms with E-state index in [1.54, 1.807) is 41.2 Å². The minimum atomic E-state index is -3.53. The van der Waals surface area contributed by atoms with Crippen molar-refractivity contribution in [1.82, 2.24) is 24.1 Å². The van der Waals surface area contributed by atoms with Crippen molar-refractivity contribution in [3.05, 3.63) is 48.8 Å². The number of pyridine rings is 1. The van der Waals surface area contributed by atoms with E-state index in [2.05, 4.69) is 22.1 Å². The van der Waals surface area contributed by atoms with Crippen LogP contribution in [0.3, 0.4) is 0 Å². The summed E-state index contributed by atoms with van der Waals surface area (Å²) in [5, 5.41) is 9.78. The van der Waals surface area contributed by atoms with Gasteiger partial charge in [-0.25, -0.2) is 8.42 Å². The summed E-state index contributed by atoms with van der Waals surface area (Å²) in [6.07, 6.45) is 6.57. The average molecular weight is 371 g/mol. The Balaban J connectivity index is 1.58. The number of hydrogen-bond acceptors (Lipinski definition) is 5. The van der Waals surface area contributed by atoms with E-state index < -0.39 is 10.0 Å². The first-order valence-electron chi connectivity index (χ1n) is 8.82. The van der Waals surface area contributed by atoms with Crippen LogP contribution in [0.25, 0.3) is 10.8 Å². The van der Waals surface area contributed by atoms with Gasteiger partial charge in [0.2, 0.25) is 10.0 Å². The SMILES string of the molecule is CCn1cnnc1C1CCN(S(=O)(=O)c2cccc3cnccc23)CC1. The largest absolute Gasteiger partial charge is 0.318 e. The molecular weight excluding hydrogens is 350 g/mol. The third-order valence-corrected chi connectivity index (χ3v) is 7.02. The van der Waals surface area contributed by atoms with Gasteiger partial charge >= 0.3 is 0 Å². The molecule has 0 atom stereocenters. The fourth-order valence-corrected chi connectivity index (χ4v) is 5.32. The first-order chi connectivity index (χ1) is 12.6. The normalized spacial score (nSPS) is 17.0. The van der Waals surface area contributed by atoms with E-state index >= 15 is 0 Å². The third kappa shape index (κ3) is 2.89. The Morgan fingerprint density at radius 3 is 2.77 bits per heavy atom. The van der Waals surface area contributed by atoms with Crippen molar-refractivity contribution < 1.29 is 8.42 Å². The van der Waals surface area contributed by atoms with Crippen molar-refractivity contribution in [2.45, 2.75) is 37.1 Å². The molecule has 0 saturated carbocycles. The number of aromatic nitrogens is 4. The summed E-state index contributed by atoms with van der Waals surface area (Å²) in [6, 6.07) is 7.09. The summed E-state index contributed by atoms with van der Waals surface area (Å²) < 4.78 is 30.0. The molecular formula is C18H21N5O2S. The van der Waals surface area contributed by atoms with Crippen LogP contribution in [0.15, 0.2) is 47.9 Å². The summed E-state index contributed by atoms with van der Waals surface area (Å²) >= 11 is 0. The van der Waals surface area contributed by atoms with Gasteiger partial charge in [0.25, 0.3) is 0 Å². The minimum absolute atomic E-state index is 0.251. The van der Waals surface area contributed by atoms with Crippen molar-refractivity contribution in [2.24, 2.45) is 0 Å². The lowest BCUT2D eigenvalue weighted by molar-refractivity contribution is 0.309. The van der Waals surface area contributed by atoms with Crippen molar-refractivity contribution in [2.75, 3.05) is 13.1 Å². The van der Waals surface area contributed by atoms with Crippen LogP contribution in [0, 0.1) is 0 Å². The van der Waals surface area contributed by atoms with Crippen molar-refractivity contribution in [3.63, 3.8) is 0 Å². The van der Waals surface area contributed by atoms with Gasteiger partial charge in [0.05, 0.1) is 4.90 Å². The van der Waals surface area contributed by atoms with Crippen LogP contribution >= 0.6 is 0 Å². The van der Waals surface area contributed by atoms with Crippen LogP contribution in [0.4, 0.5) is 0 Å². The molecule has 0 bridgehead atoms. The van der Waals surface area contributed by atoms with Crippen LogP contribution in [0.5, 0.6) is 0 Å². The second-order valence-corrected chi connectivity index (χ2v) is 8.41. The van der Waals surface area contributed by atoms with Crippen LogP contribution in [0.1, 0.15) is 31.5 Å². The second-order valence-electron chi connectivity index (χ2n) is 6.51. The molecule has 8 heteroatoms. The van der Waals surface area contributed by atoms with Crippen molar-refractivity contribution in [1.29, 1.82) is 0 Å². The molecule has 1 aliphatic heterocycles. The molecule has 0 radical (unpaired) electrons. The van der Waals surface area contributed by atoms with E-state index in [-0.39, 0.29) is 5.92 Å². The number of sulfonamides is 1. The number of benzene rings is 1. The standard InChI is InChI=1S/C18H21N5O2S/c1-2-22-13-20-21-18(22)14-7-10-23(11-8-14)26(24,25)17-5-3-4-15-12-19-9-6-16(15)17/h3-6,9,12-14H,2,7-8,10-11H2,1H3. The number of piperidine rings is 1. The smallest absolute Gasteiger partial charge is 0.243 e. The molecule has 3 heterocycles. The van der Waals surface area contributed by atoms with Gasteiger partial charge in [0.15, 0.2) is 0 Å². The van der Waals surface area contributed by atoms with Gasteiger partial charge in [-0.15, -0.1) is 10.2 Å². The molecule has 0 N–H and O–H groups in total. The lowest BCUT2D eigenvalue weighted by Crippen LogP contribution is -2.38. The van der Waals surface area contributed by atoms with Gasteiger partial charge in [-0.1, -0.05) is 12.1 Å². The van der Waals surface area contributed by atoms with Crippen LogP contribution in [0.2, 0.25) is 0 Å². The fourth-order valence-electron chi connectivity index (χ4n) is 3.63. The van der Waals surface area contributed by atoms with E-state index in [0.717, 1.165) is 36.0 Å². The van der Waals surface area contributed by atoms with E-state index in [9.17, 15) is 8.42 Å². The van der Waals surface area contributed by atoms with Gasteiger partial charge in [0.1, 0.15) is 12.2 Å². The first kappa shape index (κ1) is 17.1. The Labute approximate surface area is 152 Å². The highest BCUT2D eigenvalue weighted by atomic mass is 32.2. The topological polar surface area (TPSA) is 81.0 Å². The molecule has 0 unspecified atom stereocenters. The Kier molecular flexibility index (Phi) is 4.46. The third-order valence-electron chi connectivity index (χ3n) is 5.06. The Hall–Kier alpha value is -2.32. The summed E-state index contributed by atoms with van der Waals surface area (Å²) in [6.45, 7) is 3.86. The summed E-state index contributed by atoms with van der Waals surface area (Å²) in [4.78, 5) is 4.43. The zero-order valence-electron chi connectivity index (χ0n) is 14.6. The summed E-state index contributed by atoms with van der Waals surface area (Å²) in [7, 11) is -3.53.